The van der Waals surface area contributed by atoms with E-state index >= 15 is 0 Å². The summed E-state index contributed by atoms with van der Waals surface area (Å²) in [6.45, 7) is 3.26. The Morgan fingerprint density at radius 3 is 2.94 bits per heavy atom. The number of aryl methyl sites for hydroxylation is 1. The highest BCUT2D eigenvalue weighted by Gasteiger charge is 2.10. The average molecular weight is 288 g/mol. The minimum atomic E-state index is 0.196. The molecule has 90 valence electrons. The van der Waals surface area contributed by atoms with E-state index < -0.39 is 0 Å². The van der Waals surface area contributed by atoms with E-state index in [2.05, 4.69) is 26.2 Å². The second-order valence-electron chi connectivity index (χ2n) is 3.72. The van der Waals surface area contributed by atoms with E-state index in [1.807, 2.05) is 19.2 Å². The van der Waals surface area contributed by atoms with Crippen LogP contribution in [0.1, 0.15) is 12.0 Å². The lowest BCUT2D eigenvalue weighted by Crippen LogP contribution is -2.28. The zero-order valence-corrected chi connectivity index (χ0v) is 11.3. The van der Waals surface area contributed by atoms with Gasteiger partial charge in [0.05, 0.1) is 17.1 Å². The van der Waals surface area contributed by atoms with E-state index in [0.717, 1.165) is 22.3 Å². The second kappa shape index (κ2) is 6.83. The highest BCUT2D eigenvalue weighted by atomic mass is 79.9. The number of pyridine rings is 1. The summed E-state index contributed by atoms with van der Waals surface area (Å²) in [6, 6.07) is 2.23. The molecule has 1 unspecified atom stereocenters. The van der Waals surface area contributed by atoms with E-state index in [0.29, 0.717) is 13.2 Å². The number of halogens is 1. The van der Waals surface area contributed by atoms with Crippen LogP contribution in [0, 0.1) is 6.92 Å². The Bertz CT molecular complexity index is 327. The summed E-state index contributed by atoms with van der Waals surface area (Å²) < 4.78 is 6.09. The van der Waals surface area contributed by atoms with E-state index in [9.17, 15) is 0 Å². The molecule has 0 fully saturated rings. The lowest BCUT2D eigenvalue weighted by molar-refractivity contribution is 0.183. The van der Waals surface area contributed by atoms with E-state index in [4.69, 9.17) is 10.5 Å². The molecule has 1 aromatic rings. The van der Waals surface area contributed by atoms with Crippen molar-refractivity contribution in [3.63, 3.8) is 0 Å². The summed E-state index contributed by atoms with van der Waals surface area (Å²) in [5, 5.41) is 3.31. The van der Waals surface area contributed by atoms with Gasteiger partial charge in [0.1, 0.15) is 5.82 Å². The summed E-state index contributed by atoms with van der Waals surface area (Å²) >= 11 is 3.48. The summed E-state index contributed by atoms with van der Waals surface area (Å²) in [5.74, 6) is 0.834. The van der Waals surface area contributed by atoms with Crippen LogP contribution in [0.15, 0.2) is 16.7 Å². The van der Waals surface area contributed by atoms with Crippen molar-refractivity contribution in [3.05, 3.63) is 22.3 Å². The van der Waals surface area contributed by atoms with Crippen molar-refractivity contribution < 1.29 is 4.74 Å². The van der Waals surface area contributed by atoms with Crippen molar-refractivity contribution in [2.75, 3.05) is 25.6 Å². The van der Waals surface area contributed by atoms with Crippen LogP contribution in [0.4, 0.5) is 5.82 Å². The van der Waals surface area contributed by atoms with Crippen LogP contribution in [0.25, 0.3) is 0 Å². The molecule has 5 heteroatoms. The molecule has 3 N–H and O–H groups in total. The van der Waals surface area contributed by atoms with Gasteiger partial charge in [-0.15, -0.1) is 0 Å². The maximum absolute atomic E-state index is 5.55. The fourth-order valence-corrected chi connectivity index (χ4v) is 2.01. The van der Waals surface area contributed by atoms with Gasteiger partial charge in [0.25, 0.3) is 0 Å². The van der Waals surface area contributed by atoms with Crippen LogP contribution in [0.5, 0.6) is 0 Å². The SMILES string of the molecule is COCC(CCN)Nc1ncc(C)cc1Br. The van der Waals surface area contributed by atoms with Crippen molar-refractivity contribution in [2.24, 2.45) is 5.73 Å². The molecule has 16 heavy (non-hydrogen) atoms. The molecule has 0 bridgehead atoms. The summed E-state index contributed by atoms with van der Waals surface area (Å²) in [7, 11) is 1.68. The van der Waals surface area contributed by atoms with Crippen molar-refractivity contribution in [1.82, 2.24) is 4.98 Å². The maximum Gasteiger partial charge on any atom is 0.140 e. The second-order valence-corrected chi connectivity index (χ2v) is 4.57. The fourth-order valence-electron chi connectivity index (χ4n) is 1.43. The molecular formula is C11H18BrN3O. The monoisotopic (exact) mass is 287 g/mol. The van der Waals surface area contributed by atoms with E-state index in [1.165, 1.54) is 0 Å². The molecule has 1 heterocycles. The first kappa shape index (κ1) is 13.4. The quantitative estimate of drug-likeness (QED) is 0.839. The van der Waals surface area contributed by atoms with Crippen LogP contribution in [0.2, 0.25) is 0 Å². The molecule has 0 aliphatic carbocycles. The third kappa shape index (κ3) is 4.08. The van der Waals surface area contributed by atoms with Crippen molar-refractivity contribution in [1.29, 1.82) is 0 Å². The molecule has 0 aromatic carbocycles. The molecule has 0 aliphatic heterocycles. The van der Waals surface area contributed by atoms with Crippen molar-refractivity contribution >= 4 is 21.7 Å². The first-order valence-corrected chi connectivity index (χ1v) is 6.04. The van der Waals surface area contributed by atoms with Crippen molar-refractivity contribution in [2.45, 2.75) is 19.4 Å². The molecule has 0 spiro atoms. The van der Waals surface area contributed by atoms with Gasteiger partial charge in [0, 0.05) is 13.3 Å². The van der Waals surface area contributed by atoms with Gasteiger partial charge in [-0.05, 0) is 47.4 Å². The molecule has 1 rings (SSSR count). The molecule has 0 radical (unpaired) electrons. The molecule has 1 atom stereocenters. The molecule has 0 aliphatic rings. The minimum absolute atomic E-state index is 0.196. The number of aromatic nitrogens is 1. The summed E-state index contributed by atoms with van der Waals surface area (Å²) in [5.41, 5.74) is 6.67. The van der Waals surface area contributed by atoms with Crippen LogP contribution >= 0.6 is 15.9 Å². The summed E-state index contributed by atoms with van der Waals surface area (Å²) in [4.78, 5) is 4.33. The minimum Gasteiger partial charge on any atom is -0.383 e. The number of rotatable bonds is 6. The number of hydrogen-bond donors (Lipinski definition) is 2. The van der Waals surface area contributed by atoms with Gasteiger partial charge in [-0.2, -0.15) is 0 Å². The van der Waals surface area contributed by atoms with Gasteiger partial charge in [-0.25, -0.2) is 4.98 Å². The number of hydrogen-bond acceptors (Lipinski definition) is 4. The standard InChI is InChI=1S/C11H18BrN3O/c1-8-5-10(12)11(14-6-8)15-9(3-4-13)7-16-2/h5-6,9H,3-4,7,13H2,1-2H3,(H,14,15). The van der Waals surface area contributed by atoms with Gasteiger partial charge in [-0.1, -0.05) is 0 Å². The van der Waals surface area contributed by atoms with Crippen molar-refractivity contribution in [3.8, 4) is 0 Å². The van der Waals surface area contributed by atoms with Gasteiger partial charge in [0.15, 0.2) is 0 Å². The van der Waals surface area contributed by atoms with Gasteiger partial charge >= 0.3 is 0 Å². The predicted molar refractivity (Wildman–Crippen MR) is 69.6 cm³/mol. The Morgan fingerprint density at radius 1 is 1.62 bits per heavy atom. The Morgan fingerprint density at radius 2 is 2.38 bits per heavy atom. The largest absolute Gasteiger partial charge is 0.383 e. The molecule has 1 aromatic heterocycles. The number of anilines is 1. The Balaban J connectivity index is 2.68. The van der Waals surface area contributed by atoms with E-state index in [1.54, 1.807) is 7.11 Å². The first-order chi connectivity index (χ1) is 7.67. The number of methoxy groups -OCH3 is 1. The highest BCUT2D eigenvalue weighted by Crippen LogP contribution is 2.21. The van der Waals surface area contributed by atoms with Crippen LogP contribution in [-0.2, 0) is 4.74 Å². The zero-order valence-electron chi connectivity index (χ0n) is 9.66. The number of ether oxygens (including phenoxy) is 1. The highest BCUT2D eigenvalue weighted by molar-refractivity contribution is 9.10. The summed E-state index contributed by atoms with van der Waals surface area (Å²) in [6.07, 6.45) is 2.69. The number of nitrogens with two attached hydrogens (primary N) is 1. The van der Waals surface area contributed by atoms with Gasteiger partial charge < -0.3 is 15.8 Å². The number of nitrogens with zero attached hydrogens (tertiary/aromatic N) is 1. The smallest absolute Gasteiger partial charge is 0.140 e. The lowest BCUT2D eigenvalue weighted by Gasteiger charge is -2.18. The lowest BCUT2D eigenvalue weighted by atomic mass is 10.2. The maximum atomic E-state index is 5.55. The molecular weight excluding hydrogens is 270 g/mol. The Kier molecular flexibility index (Phi) is 5.73. The zero-order chi connectivity index (χ0) is 12.0. The third-order valence-electron chi connectivity index (χ3n) is 2.20. The Hall–Kier alpha value is -0.650. The van der Waals surface area contributed by atoms with Gasteiger partial charge in [0.2, 0.25) is 0 Å². The molecule has 0 amide bonds. The normalized spacial score (nSPS) is 12.5. The van der Waals surface area contributed by atoms with Gasteiger partial charge in [-0.3, -0.25) is 0 Å². The molecule has 0 saturated heterocycles. The third-order valence-corrected chi connectivity index (χ3v) is 2.81. The van der Waals surface area contributed by atoms with Crippen LogP contribution in [0.3, 0.4) is 0 Å². The molecule has 0 saturated carbocycles. The van der Waals surface area contributed by atoms with E-state index in [-0.39, 0.29) is 6.04 Å². The molecule has 4 nitrogen and oxygen atoms in total. The Labute approximate surface area is 105 Å². The fraction of sp³-hybridized carbons (Fsp3) is 0.545. The first-order valence-electron chi connectivity index (χ1n) is 5.25. The topological polar surface area (TPSA) is 60.2 Å². The van der Waals surface area contributed by atoms with Crippen LogP contribution in [-0.4, -0.2) is 31.3 Å². The average Bonchev–Trinajstić information content (AvgIpc) is 2.23. The van der Waals surface area contributed by atoms with Crippen LogP contribution < -0.4 is 11.1 Å². The predicted octanol–water partition coefficient (Wildman–Crippen LogP) is 1.93. The number of nitrogens with one attached hydrogen (secondary N) is 1.